The number of benzene rings is 3. The lowest BCUT2D eigenvalue weighted by Crippen LogP contribution is -2.31. The summed E-state index contributed by atoms with van der Waals surface area (Å²) in [5, 5.41) is 1.92. The van der Waals surface area contributed by atoms with Crippen LogP contribution in [0, 0.1) is 19.2 Å². The maximum atomic E-state index is 8.86. The molecule has 0 aliphatic carbocycles. The van der Waals surface area contributed by atoms with Crippen molar-refractivity contribution in [2.75, 3.05) is 0 Å². The number of fused-ring (bicyclic) bond motifs is 3. The standard InChI is InChI=1S/C31H32NO/c1-20-11-16-25-24-9-7-8-10-28(24)33-30(25)29(20)27-17-26(21(2)19-32(27)6)23-14-12-22(13-15-23)18-31(3,4)5/h7-17,19H,18H2,1-6H3/q+1/i2D3,14D,15D,18D2. The Hall–Kier alpha value is -3.39. The normalized spacial score (nSPS) is 16.0. The lowest BCUT2D eigenvalue weighted by atomic mass is 9.87. The van der Waals surface area contributed by atoms with Gasteiger partial charge in [0.25, 0.3) is 0 Å². The first-order chi connectivity index (χ1) is 18.5. The molecule has 0 saturated carbocycles. The molecular formula is C31H32NO+. The molecular weight excluding hydrogens is 402 g/mol. The Morgan fingerprint density at radius 1 is 1.00 bits per heavy atom. The maximum Gasteiger partial charge on any atom is 0.216 e. The van der Waals surface area contributed by atoms with Crippen LogP contribution in [0.15, 0.2) is 77.3 Å². The summed E-state index contributed by atoms with van der Waals surface area (Å²) in [6.45, 7) is 4.76. The highest BCUT2D eigenvalue weighted by Crippen LogP contribution is 2.38. The van der Waals surface area contributed by atoms with Gasteiger partial charge in [0.15, 0.2) is 6.20 Å². The number of aromatic nitrogens is 1. The predicted octanol–water partition coefficient (Wildman–Crippen LogP) is 7.95. The minimum absolute atomic E-state index is 0.0155. The van der Waals surface area contributed by atoms with Crippen molar-refractivity contribution in [2.24, 2.45) is 12.5 Å². The SMILES string of the molecule is [2H]c1cc(C([2H])([2H])C(C)(C)C)cc([2H])c1-c1cc(-c2c(C)ccc3c2oc2ccccc23)[n+](C)cc1C([2H])([2H])[2H]. The van der Waals surface area contributed by atoms with Crippen molar-refractivity contribution in [2.45, 2.75) is 40.9 Å². The summed E-state index contributed by atoms with van der Waals surface area (Å²) in [5.74, 6) is 0. The smallest absolute Gasteiger partial charge is 0.216 e. The number of para-hydroxylation sites is 1. The van der Waals surface area contributed by atoms with E-state index in [0.717, 1.165) is 27.5 Å². The van der Waals surface area contributed by atoms with Crippen molar-refractivity contribution in [1.29, 1.82) is 0 Å². The van der Waals surface area contributed by atoms with Gasteiger partial charge in [-0.25, -0.2) is 4.57 Å². The first-order valence-electron chi connectivity index (χ1n) is 14.6. The molecule has 0 saturated heterocycles. The van der Waals surface area contributed by atoms with Gasteiger partial charge in [-0.1, -0.05) is 75.3 Å². The van der Waals surface area contributed by atoms with Gasteiger partial charge in [-0.3, -0.25) is 0 Å². The Morgan fingerprint density at radius 3 is 2.48 bits per heavy atom. The van der Waals surface area contributed by atoms with E-state index in [4.69, 9.17) is 14.0 Å². The van der Waals surface area contributed by atoms with Crippen molar-refractivity contribution in [3.05, 3.63) is 89.6 Å². The van der Waals surface area contributed by atoms with E-state index >= 15 is 0 Å². The molecule has 166 valence electrons. The summed E-state index contributed by atoms with van der Waals surface area (Å²) in [7, 11) is 1.78. The minimum atomic E-state index is -2.51. The zero-order valence-corrected chi connectivity index (χ0v) is 19.6. The van der Waals surface area contributed by atoms with Gasteiger partial charge in [0, 0.05) is 29.3 Å². The van der Waals surface area contributed by atoms with Crippen molar-refractivity contribution in [1.82, 2.24) is 0 Å². The lowest BCUT2D eigenvalue weighted by molar-refractivity contribution is -0.660. The van der Waals surface area contributed by atoms with Gasteiger partial charge in [0.2, 0.25) is 5.69 Å². The highest BCUT2D eigenvalue weighted by molar-refractivity contribution is 6.09. The Kier molecular flexibility index (Phi) is 3.51. The van der Waals surface area contributed by atoms with E-state index in [1.165, 1.54) is 12.1 Å². The van der Waals surface area contributed by atoms with Gasteiger partial charge in [-0.2, -0.15) is 0 Å². The molecule has 0 amide bonds. The molecule has 0 bridgehead atoms. The van der Waals surface area contributed by atoms with Crippen LogP contribution >= 0.6 is 0 Å². The maximum absolute atomic E-state index is 8.86. The number of pyridine rings is 1. The van der Waals surface area contributed by atoms with Crippen LogP contribution in [-0.4, -0.2) is 0 Å². The van der Waals surface area contributed by atoms with E-state index in [9.17, 15) is 0 Å². The largest absolute Gasteiger partial charge is 0.455 e. The first kappa shape index (κ1) is 14.7. The minimum Gasteiger partial charge on any atom is -0.455 e. The van der Waals surface area contributed by atoms with Crippen LogP contribution in [0.25, 0.3) is 44.3 Å². The zero-order chi connectivity index (χ0) is 29.4. The summed E-state index contributed by atoms with van der Waals surface area (Å²) in [5.41, 5.74) is 3.70. The van der Waals surface area contributed by atoms with Gasteiger partial charge in [-0.15, -0.1) is 0 Å². The van der Waals surface area contributed by atoms with Crippen molar-refractivity contribution in [3.63, 3.8) is 0 Å². The van der Waals surface area contributed by atoms with E-state index in [1.54, 1.807) is 44.6 Å². The first-order valence-corrected chi connectivity index (χ1v) is 11.1. The van der Waals surface area contributed by atoms with E-state index in [1.807, 2.05) is 43.3 Å². The van der Waals surface area contributed by atoms with Gasteiger partial charge < -0.3 is 4.42 Å². The molecule has 0 unspecified atom stereocenters. The van der Waals surface area contributed by atoms with Gasteiger partial charge >= 0.3 is 0 Å². The fraction of sp³-hybridized carbons (Fsp3) is 0.258. The summed E-state index contributed by atoms with van der Waals surface area (Å²) in [4.78, 5) is 0. The van der Waals surface area contributed by atoms with Crippen LogP contribution in [-0.2, 0) is 13.4 Å². The van der Waals surface area contributed by atoms with Gasteiger partial charge in [-0.05, 0) is 53.9 Å². The third-order valence-corrected chi connectivity index (χ3v) is 5.82. The van der Waals surface area contributed by atoms with E-state index in [2.05, 4.69) is 0 Å². The van der Waals surface area contributed by atoms with Gasteiger partial charge in [0.1, 0.15) is 18.2 Å². The molecule has 0 aliphatic heterocycles. The van der Waals surface area contributed by atoms with Crippen LogP contribution in [0.4, 0.5) is 0 Å². The molecule has 2 heteroatoms. The molecule has 5 aromatic rings. The number of rotatable bonds is 3. The Balaban J connectivity index is 1.82. The van der Waals surface area contributed by atoms with Crippen LogP contribution in [0.3, 0.4) is 0 Å². The van der Waals surface area contributed by atoms with Crippen LogP contribution in [0.1, 0.15) is 47.1 Å². The van der Waals surface area contributed by atoms with E-state index in [-0.39, 0.29) is 34.3 Å². The molecule has 0 spiro atoms. The molecule has 0 aliphatic rings. The highest BCUT2D eigenvalue weighted by Gasteiger charge is 2.22. The Morgan fingerprint density at radius 2 is 1.76 bits per heavy atom. The quantitative estimate of drug-likeness (QED) is 0.260. The zero-order valence-electron chi connectivity index (χ0n) is 26.6. The molecule has 0 N–H and O–H groups in total. The van der Waals surface area contributed by atoms with Crippen molar-refractivity contribution in [3.8, 4) is 22.4 Å². The van der Waals surface area contributed by atoms with E-state index < -0.39 is 18.6 Å². The number of nitrogens with zero attached hydrogens (tertiary/aromatic N) is 1. The average molecular weight is 442 g/mol. The van der Waals surface area contributed by atoms with E-state index in [0.29, 0.717) is 11.3 Å². The summed E-state index contributed by atoms with van der Waals surface area (Å²) in [6.07, 6.45) is -0.258. The second-order valence-electron chi connectivity index (χ2n) is 9.61. The van der Waals surface area contributed by atoms with Crippen molar-refractivity contribution >= 4 is 21.9 Å². The van der Waals surface area contributed by atoms with Crippen LogP contribution in [0.5, 0.6) is 0 Å². The summed E-state index contributed by atoms with van der Waals surface area (Å²) >= 11 is 0. The number of aryl methyl sites for hydroxylation is 3. The summed E-state index contributed by atoms with van der Waals surface area (Å²) in [6, 6.07) is 16.2. The third kappa shape index (κ3) is 3.95. The lowest BCUT2D eigenvalue weighted by Gasteiger charge is -2.18. The third-order valence-electron chi connectivity index (χ3n) is 5.82. The van der Waals surface area contributed by atoms with Crippen molar-refractivity contribution < 1.29 is 18.6 Å². The Bertz CT molecular complexity index is 1770. The molecule has 2 heterocycles. The van der Waals surface area contributed by atoms with Crippen LogP contribution in [0.2, 0.25) is 0 Å². The predicted molar refractivity (Wildman–Crippen MR) is 138 cm³/mol. The molecule has 5 rings (SSSR count). The monoisotopic (exact) mass is 441 g/mol. The molecule has 0 radical (unpaired) electrons. The fourth-order valence-electron chi connectivity index (χ4n) is 4.35. The van der Waals surface area contributed by atoms with Crippen LogP contribution < -0.4 is 4.57 Å². The molecule has 2 aromatic heterocycles. The van der Waals surface area contributed by atoms with Gasteiger partial charge in [0.05, 0.1) is 8.30 Å². The Labute approximate surface area is 206 Å². The average Bonchev–Trinajstić information content (AvgIpc) is 3.21. The molecule has 2 nitrogen and oxygen atoms in total. The number of furan rings is 1. The second-order valence-corrected chi connectivity index (χ2v) is 9.61. The molecule has 0 fully saturated rings. The molecule has 3 aromatic carbocycles. The highest BCUT2D eigenvalue weighted by atomic mass is 16.3. The summed E-state index contributed by atoms with van der Waals surface area (Å²) < 4.78 is 67.9. The molecule has 0 atom stereocenters. The fourth-order valence-corrected chi connectivity index (χ4v) is 4.35. The topological polar surface area (TPSA) is 17.0 Å². The molecule has 33 heavy (non-hydrogen) atoms. The second kappa shape index (κ2) is 7.88. The number of hydrogen-bond donors (Lipinski definition) is 0. The number of hydrogen-bond acceptors (Lipinski definition) is 1.